The molecule has 0 aliphatic carbocycles. The fraction of sp³-hybridized carbons (Fsp3) is 0.611. The van der Waals surface area contributed by atoms with E-state index in [1.54, 1.807) is 25.3 Å². The van der Waals surface area contributed by atoms with Gasteiger partial charge >= 0.3 is 0 Å². The molecule has 0 bridgehead atoms. The van der Waals surface area contributed by atoms with Crippen molar-refractivity contribution in [3.8, 4) is 0 Å². The van der Waals surface area contributed by atoms with E-state index < -0.39 is 0 Å². The quantitative estimate of drug-likeness (QED) is 0.237. The van der Waals surface area contributed by atoms with E-state index in [0.717, 1.165) is 32.0 Å². The van der Waals surface area contributed by atoms with E-state index >= 15 is 0 Å². The number of ether oxygens (including phenoxy) is 2. The minimum absolute atomic E-state index is 0.109. The van der Waals surface area contributed by atoms with Gasteiger partial charge in [-0.05, 0) is 13.3 Å². The number of guanidine groups is 1. The van der Waals surface area contributed by atoms with Gasteiger partial charge in [0.05, 0.1) is 36.9 Å². The van der Waals surface area contributed by atoms with Crippen molar-refractivity contribution in [2.24, 2.45) is 10.9 Å². The molecule has 1 aliphatic heterocycles. The van der Waals surface area contributed by atoms with Crippen LogP contribution in [0.25, 0.3) is 0 Å². The highest BCUT2D eigenvalue weighted by molar-refractivity contribution is 5.80. The number of nitro groups is 1. The number of methoxy groups -OCH3 is 1. The van der Waals surface area contributed by atoms with Crippen LogP contribution in [0.1, 0.15) is 18.9 Å². The summed E-state index contributed by atoms with van der Waals surface area (Å²) in [5.74, 6) is 1.26. The molecule has 2 rings (SSSR count). The average molecular weight is 364 g/mol. The normalized spacial score (nSPS) is 17.5. The van der Waals surface area contributed by atoms with E-state index in [1.165, 1.54) is 6.07 Å². The number of nitrogens with one attached hydrogen (secondary N) is 1. The largest absolute Gasteiger partial charge is 0.382 e. The number of aliphatic imine (C=N–C) groups is 1. The van der Waals surface area contributed by atoms with E-state index in [-0.39, 0.29) is 17.2 Å². The second kappa shape index (κ2) is 10.7. The SMILES string of the molecule is CCNC(=NCc1ccccc1[N+](=O)[O-])N1CCC(COCCOC)C1. The number of hydrogen-bond donors (Lipinski definition) is 1. The van der Waals surface area contributed by atoms with Gasteiger partial charge in [-0.25, -0.2) is 4.99 Å². The molecule has 1 unspecified atom stereocenters. The molecule has 8 heteroatoms. The highest BCUT2D eigenvalue weighted by Gasteiger charge is 2.25. The minimum Gasteiger partial charge on any atom is -0.382 e. The number of hydrogen-bond acceptors (Lipinski definition) is 5. The van der Waals surface area contributed by atoms with E-state index in [1.807, 2.05) is 6.92 Å². The summed E-state index contributed by atoms with van der Waals surface area (Å²) in [7, 11) is 1.66. The Bertz CT molecular complexity index is 609. The lowest BCUT2D eigenvalue weighted by Gasteiger charge is -2.21. The van der Waals surface area contributed by atoms with Gasteiger partial charge in [0.15, 0.2) is 5.96 Å². The summed E-state index contributed by atoms with van der Waals surface area (Å²) in [6.07, 6.45) is 1.04. The molecule has 26 heavy (non-hydrogen) atoms. The van der Waals surface area contributed by atoms with Crippen LogP contribution in [0.5, 0.6) is 0 Å². The average Bonchev–Trinajstić information content (AvgIpc) is 3.11. The van der Waals surface area contributed by atoms with E-state index in [4.69, 9.17) is 9.47 Å². The van der Waals surface area contributed by atoms with Crippen LogP contribution in [0, 0.1) is 16.0 Å². The molecule has 1 saturated heterocycles. The molecule has 1 aliphatic rings. The van der Waals surface area contributed by atoms with Gasteiger partial charge in [-0.2, -0.15) is 0 Å². The lowest BCUT2D eigenvalue weighted by atomic mass is 10.1. The summed E-state index contributed by atoms with van der Waals surface area (Å²) in [5.41, 5.74) is 0.726. The zero-order valence-corrected chi connectivity index (χ0v) is 15.5. The molecule has 0 saturated carbocycles. The molecule has 0 aromatic heterocycles. The Morgan fingerprint density at radius 2 is 2.23 bits per heavy atom. The Morgan fingerprint density at radius 1 is 1.42 bits per heavy atom. The Kier molecular flexibility index (Phi) is 8.30. The number of nitro benzene ring substituents is 1. The molecule has 144 valence electrons. The van der Waals surface area contributed by atoms with Crippen LogP contribution >= 0.6 is 0 Å². The molecule has 0 spiro atoms. The van der Waals surface area contributed by atoms with Gasteiger partial charge in [-0.3, -0.25) is 10.1 Å². The van der Waals surface area contributed by atoms with Crippen LogP contribution in [0.3, 0.4) is 0 Å². The van der Waals surface area contributed by atoms with Crippen molar-refractivity contribution >= 4 is 11.6 Å². The number of para-hydroxylation sites is 1. The first kappa shape index (κ1) is 20.1. The second-order valence-corrected chi connectivity index (χ2v) is 6.22. The first-order valence-electron chi connectivity index (χ1n) is 8.98. The summed E-state index contributed by atoms with van der Waals surface area (Å²) in [5, 5.41) is 14.4. The van der Waals surface area contributed by atoms with Crippen molar-refractivity contribution in [3.05, 3.63) is 39.9 Å². The maximum absolute atomic E-state index is 11.1. The Balaban J connectivity index is 1.96. The summed E-state index contributed by atoms with van der Waals surface area (Å²) < 4.78 is 10.6. The Hall–Kier alpha value is -2.19. The van der Waals surface area contributed by atoms with Crippen LogP contribution in [0.4, 0.5) is 5.69 Å². The number of rotatable bonds is 9. The second-order valence-electron chi connectivity index (χ2n) is 6.22. The van der Waals surface area contributed by atoms with Crippen LogP contribution in [-0.4, -0.2) is 62.3 Å². The third-order valence-electron chi connectivity index (χ3n) is 4.29. The summed E-state index contributed by atoms with van der Waals surface area (Å²) in [4.78, 5) is 17.6. The fourth-order valence-electron chi connectivity index (χ4n) is 2.96. The van der Waals surface area contributed by atoms with Crippen molar-refractivity contribution in [1.82, 2.24) is 10.2 Å². The van der Waals surface area contributed by atoms with Crippen molar-refractivity contribution in [3.63, 3.8) is 0 Å². The number of likely N-dealkylation sites (tertiary alicyclic amines) is 1. The number of benzene rings is 1. The molecule has 1 aromatic rings. The third kappa shape index (κ3) is 5.96. The minimum atomic E-state index is -0.360. The van der Waals surface area contributed by atoms with Gasteiger partial charge in [0.25, 0.3) is 5.69 Å². The maximum atomic E-state index is 11.1. The van der Waals surface area contributed by atoms with Gasteiger partial charge in [0.2, 0.25) is 0 Å². The lowest BCUT2D eigenvalue weighted by molar-refractivity contribution is -0.385. The van der Waals surface area contributed by atoms with Crippen molar-refractivity contribution in [2.75, 3.05) is 46.6 Å². The van der Waals surface area contributed by atoms with Gasteiger partial charge < -0.3 is 19.7 Å². The number of nitrogens with zero attached hydrogens (tertiary/aromatic N) is 3. The molecular weight excluding hydrogens is 336 g/mol. The maximum Gasteiger partial charge on any atom is 0.274 e. The molecule has 1 aromatic carbocycles. The van der Waals surface area contributed by atoms with Crippen LogP contribution in [-0.2, 0) is 16.0 Å². The first-order chi connectivity index (χ1) is 12.7. The van der Waals surface area contributed by atoms with Crippen LogP contribution in [0.2, 0.25) is 0 Å². The van der Waals surface area contributed by atoms with Gasteiger partial charge in [0.1, 0.15) is 0 Å². The Labute approximate surface area is 154 Å². The predicted octanol–water partition coefficient (Wildman–Crippen LogP) is 2.05. The molecule has 1 heterocycles. The smallest absolute Gasteiger partial charge is 0.274 e. The fourth-order valence-corrected chi connectivity index (χ4v) is 2.96. The summed E-state index contributed by atoms with van der Waals surface area (Å²) in [6, 6.07) is 6.74. The van der Waals surface area contributed by atoms with Gasteiger partial charge in [-0.15, -0.1) is 0 Å². The standard InChI is InChI=1S/C18H28N4O4/c1-3-19-18(20-12-16-6-4-5-7-17(16)22(23)24)21-9-8-15(13-21)14-26-11-10-25-2/h4-7,15H,3,8-14H2,1-2H3,(H,19,20). The zero-order valence-electron chi connectivity index (χ0n) is 15.5. The highest BCUT2D eigenvalue weighted by Crippen LogP contribution is 2.20. The monoisotopic (exact) mass is 364 g/mol. The molecule has 8 nitrogen and oxygen atoms in total. The van der Waals surface area contributed by atoms with Crippen molar-refractivity contribution in [2.45, 2.75) is 19.9 Å². The molecule has 0 amide bonds. The first-order valence-corrected chi connectivity index (χ1v) is 8.98. The summed E-state index contributed by atoms with van der Waals surface area (Å²) >= 11 is 0. The topological polar surface area (TPSA) is 89.2 Å². The molecule has 1 atom stereocenters. The van der Waals surface area contributed by atoms with E-state index in [2.05, 4.69) is 15.2 Å². The molecule has 0 radical (unpaired) electrons. The van der Waals surface area contributed by atoms with E-state index in [9.17, 15) is 10.1 Å². The van der Waals surface area contributed by atoms with Gasteiger partial charge in [-0.1, -0.05) is 18.2 Å². The van der Waals surface area contributed by atoms with Crippen LogP contribution < -0.4 is 5.32 Å². The molecule has 1 N–H and O–H groups in total. The molecule has 1 fully saturated rings. The third-order valence-corrected chi connectivity index (χ3v) is 4.29. The zero-order chi connectivity index (χ0) is 18.8. The van der Waals surface area contributed by atoms with E-state index in [0.29, 0.717) is 31.3 Å². The van der Waals surface area contributed by atoms with Gasteiger partial charge in [0, 0.05) is 38.7 Å². The highest BCUT2D eigenvalue weighted by atomic mass is 16.6. The summed E-state index contributed by atoms with van der Waals surface area (Å²) in [6.45, 7) is 6.75. The predicted molar refractivity (Wildman–Crippen MR) is 100 cm³/mol. The lowest BCUT2D eigenvalue weighted by Crippen LogP contribution is -2.40. The van der Waals surface area contributed by atoms with Crippen molar-refractivity contribution in [1.29, 1.82) is 0 Å². The van der Waals surface area contributed by atoms with Crippen LogP contribution in [0.15, 0.2) is 29.3 Å². The Morgan fingerprint density at radius 3 is 2.96 bits per heavy atom. The van der Waals surface area contributed by atoms with Crippen molar-refractivity contribution < 1.29 is 14.4 Å². The molecular formula is C18H28N4O4.